The summed E-state index contributed by atoms with van der Waals surface area (Å²) in [6.07, 6.45) is 5.06. The third-order valence-electron chi connectivity index (χ3n) is 5.23. The van der Waals surface area contributed by atoms with Gasteiger partial charge in [0.05, 0.1) is 12.0 Å². The molecular formula is C23H28ClNO2. The molecule has 0 radical (unpaired) electrons. The summed E-state index contributed by atoms with van der Waals surface area (Å²) in [7, 11) is 0. The Kier molecular flexibility index (Phi) is 6.43. The Labute approximate surface area is 167 Å². The van der Waals surface area contributed by atoms with Crippen LogP contribution in [0.5, 0.6) is 5.75 Å². The number of nitrogens with one attached hydrogen (secondary N) is 1. The molecule has 0 aliphatic heterocycles. The highest BCUT2D eigenvalue weighted by Gasteiger charge is 2.41. The molecule has 1 fully saturated rings. The topological polar surface area (TPSA) is 38.3 Å². The first-order valence-electron chi connectivity index (χ1n) is 9.80. The van der Waals surface area contributed by atoms with Gasteiger partial charge >= 0.3 is 0 Å². The molecule has 0 spiro atoms. The van der Waals surface area contributed by atoms with E-state index < -0.39 is 5.41 Å². The van der Waals surface area contributed by atoms with Gasteiger partial charge in [-0.05, 0) is 60.7 Å². The number of benzene rings is 2. The molecule has 2 aromatic rings. The molecule has 1 aliphatic carbocycles. The smallest absolute Gasteiger partial charge is 0.235 e. The van der Waals surface area contributed by atoms with E-state index in [1.807, 2.05) is 48.5 Å². The van der Waals surface area contributed by atoms with E-state index in [1.165, 1.54) is 6.42 Å². The Hall–Kier alpha value is -2.00. The summed E-state index contributed by atoms with van der Waals surface area (Å²) < 4.78 is 5.72. The van der Waals surface area contributed by atoms with Crippen LogP contribution in [0.3, 0.4) is 0 Å². The van der Waals surface area contributed by atoms with Crippen LogP contribution < -0.4 is 10.1 Å². The second kappa shape index (κ2) is 8.79. The monoisotopic (exact) mass is 385 g/mol. The van der Waals surface area contributed by atoms with Gasteiger partial charge in [0.2, 0.25) is 5.91 Å². The van der Waals surface area contributed by atoms with Gasteiger partial charge in [-0.2, -0.15) is 0 Å². The molecule has 1 saturated carbocycles. The van der Waals surface area contributed by atoms with Crippen LogP contribution in [0.25, 0.3) is 0 Å². The Morgan fingerprint density at radius 2 is 1.67 bits per heavy atom. The van der Waals surface area contributed by atoms with E-state index in [2.05, 4.69) is 19.2 Å². The van der Waals surface area contributed by atoms with Crippen molar-refractivity contribution in [3.63, 3.8) is 0 Å². The Balaban J connectivity index is 1.76. The number of rotatable bonds is 6. The molecule has 0 bridgehead atoms. The average molecular weight is 386 g/mol. The minimum Gasteiger partial charge on any atom is -0.493 e. The van der Waals surface area contributed by atoms with E-state index in [-0.39, 0.29) is 5.91 Å². The second-order valence-electron chi connectivity index (χ2n) is 7.83. The number of hydrogen-bond acceptors (Lipinski definition) is 2. The van der Waals surface area contributed by atoms with Gasteiger partial charge < -0.3 is 10.1 Å². The number of halogens is 1. The lowest BCUT2D eigenvalue weighted by molar-refractivity contribution is -0.122. The fourth-order valence-corrected chi connectivity index (χ4v) is 3.85. The van der Waals surface area contributed by atoms with Gasteiger partial charge in [-0.3, -0.25) is 4.79 Å². The Morgan fingerprint density at radius 1 is 1.04 bits per heavy atom. The highest BCUT2D eigenvalue weighted by Crippen LogP contribution is 2.41. The Bertz CT molecular complexity index is 747. The van der Waals surface area contributed by atoms with Crippen molar-refractivity contribution < 1.29 is 9.53 Å². The minimum absolute atomic E-state index is 0.0698. The third-order valence-corrected chi connectivity index (χ3v) is 5.49. The van der Waals surface area contributed by atoms with Crippen molar-refractivity contribution in [2.45, 2.75) is 51.4 Å². The van der Waals surface area contributed by atoms with Crippen molar-refractivity contribution in [2.24, 2.45) is 5.92 Å². The molecule has 0 unspecified atom stereocenters. The fraction of sp³-hybridized carbons (Fsp3) is 0.435. The molecule has 1 amide bonds. The highest BCUT2D eigenvalue weighted by molar-refractivity contribution is 6.30. The summed E-state index contributed by atoms with van der Waals surface area (Å²) in [5.74, 6) is 1.38. The SMILES string of the molecule is CC(C)COc1ccc(NC(=O)C2(c3ccc(Cl)cc3)CCCCC2)cc1. The number of amides is 1. The van der Waals surface area contributed by atoms with Crippen molar-refractivity contribution in [3.05, 3.63) is 59.1 Å². The zero-order valence-electron chi connectivity index (χ0n) is 16.1. The van der Waals surface area contributed by atoms with Gasteiger partial charge in [0.1, 0.15) is 5.75 Å². The number of hydrogen-bond donors (Lipinski definition) is 1. The van der Waals surface area contributed by atoms with E-state index in [1.54, 1.807) is 0 Å². The molecule has 0 atom stereocenters. The van der Waals surface area contributed by atoms with Crippen LogP contribution >= 0.6 is 11.6 Å². The van der Waals surface area contributed by atoms with E-state index in [0.29, 0.717) is 17.5 Å². The van der Waals surface area contributed by atoms with Crippen LogP contribution in [0, 0.1) is 5.92 Å². The number of ether oxygens (including phenoxy) is 1. The van der Waals surface area contributed by atoms with Crippen LogP contribution in [0.1, 0.15) is 51.5 Å². The first kappa shape index (κ1) is 19.8. The number of carbonyl (C=O) groups is 1. The van der Waals surface area contributed by atoms with Gasteiger partial charge in [0.25, 0.3) is 0 Å². The van der Waals surface area contributed by atoms with E-state index in [0.717, 1.165) is 42.7 Å². The zero-order chi connectivity index (χ0) is 19.3. The molecule has 1 N–H and O–H groups in total. The average Bonchev–Trinajstić information content (AvgIpc) is 2.68. The quantitative estimate of drug-likeness (QED) is 0.641. The maximum atomic E-state index is 13.3. The molecule has 0 aromatic heterocycles. The van der Waals surface area contributed by atoms with Crippen LogP contribution in [0.2, 0.25) is 5.02 Å². The van der Waals surface area contributed by atoms with Gasteiger partial charge in [0, 0.05) is 10.7 Å². The normalized spacial score (nSPS) is 16.1. The summed E-state index contributed by atoms with van der Waals surface area (Å²) in [5, 5.41) is 3.83. The maximum Gasteiger partial charge on any atom is 0.235 e. The van der Waals surface area contributed by atoms with E-state index in [4.69, 9.17) is 16.3 Å². The molecule has 144 valence electrons. The first-order chi connectivity index (χ1) is 13.0. The number of carbonyl (C=O) groups excluding carboxylic acids is 1. The second-order valence-corrected chi connectivity index (χ2v) is 8.27. The zero-order valence-corrected chi connectivity index (χ0v) is 16.9. The molecule has 0 saturated heterocycles. The molecule has 3 rings (SSSR count). The van der Waals surface area contributed by atoms with Crippen LogP contribution in [-0.2, 0) is 10.2 Å². The molecule has 2 aromatic carbocycles. The lowest BCUT2D eigenvalue weighted by Gasteiger charge is -2.36. The molecule has 0 heterocycles. The van der Waals surface area contributed by atoms with Crippen molar-refractivity contribution in [3.8, 4) is 5.75 Å². The molecular weight excluding hydrogens is 358 g/mol. The van der Waals surface area contributed by atoms with E-state index in [9.17, 15) is 4.79 Å². The van der Waals surface area contributed by atoms with Crippen LogP contribution in [0.4, 0.5) is 5.69 Å². The standard InChI is InChI=1S/C23H28ClNO2/c1-17(2)16-27-21-12-10-20(11-13-21)25-22(26)23(14-4-3-5-15-23)18-6-8-19(24)9-7-18/h6-13,17H,3-5,14-16H2,1-2H3,(H,25,26). The van der Waals surface area contributed by atoms with Gasteiger partial charge in [-0.25, -0.2) is 0 Å². The largest absolute Gasteiger partial charge is 0.493 e. The van der Waals surface area contributed by atoms with Gasteiger partial charge in [0.15, 0.2) is 0 Å². The lowest BCUT2D eigenvalue weighted by atomic mass is 9.68. The van der Waals surface area contributed by atoms with Crippen molar-refractivity contribution in [2.75, 3.05) is 11.9 Å². The third kappa shape index (κ3) is 4.84. The van der Waals surface area contributed by atoms with Gasteiger partial charge in [-0.15, -0.1) is 0 Å². The summed E-state index contributed by atoms with van der Waals surface area (Å²) >= 11 is 6.05. The molecule has 3 nitrogen and oxygen atoms in total. The Morgan fingerprint density at radius 3 is 2.26 bits per heavy atom. The van der Waals surface area contributed by atoms with Crippen molar-refractivity contribution in [1.29, 1.82) is 0 Å². The minimum atomic E-state index is -0.477. The number of anilines is 1. The summed E-state index contributed by atoms with van der Waals surface area (Å²) in [6, 6.07) is 15.4. The lowest BCUT2D eigenvalue weighted by Crippen LogP contribution is -2.42. The van der Waals surface area contributed by atoms with Crippen molar-refractivity contribution in [1.82, 2.24) is 0 Å². The van der Waals surface area contributed by atoms with E-state index >= 15 is 0 Å². The molecule has 1 aliphatic rings. The summed E-state index contributed by atoms with van der Waals surface area (Å²) in [4.78, 5) is 13.3. The summed E-state index contributed by atoms with van der Waals surface area (Å²) in [5.41, 5.74) is 1.38. The highest BCUT2D eigenvalue weighted by atomic mass is 35.5. The van der Waals surface area contributed by atoms with Crippen LogP contribution in [-0.4, -0.2) is 12.5 Å². The molecule has 4 heteroatoms. The van der Waals surface area contributed by atoms with Gasteiger partial charge in [-0.1, -0.05) is 56.8 Å². The van der Waals surface area contributed by atoms with Crippen molar-refractivity contribution >= 4 is 23.2 Å². The maximum absolute atomic E-state index is 13.3. The first-order valence-corrected chi connectivity index (χ1v) is 10.2. The predicted molar refractivity (Wildman–Crippen MR) is 112 cm³/mol. The summed E-state index contributed by atoms with van der Waals surface area (Å²) in [6.45, 7) is 4.93. The fourth-order valence-electron chi connectivity index (χ4n) is 3.72. The molecule has 27 heavy (non-hydrogen) atoms. The van der Waals surface area contributed by atoms with Crippen LogP contribution in [0.15, 0.2) is 48.5 Å². The predicted octanol–water partition coefficient (Wildman–Crippen LogP) is 6.22.